The Labute approximate surface area is 171 Å². The van der Waals surface area contributed by atoms with E-state index in [0.29, 0.717) is 0 Å². The highest BCUT2D eigenvalue weighted by Gasteiger charge is 2.43. The summed E-state index contributed by atoms with van der Waals surface area (Å²) >= 11 is 0. The van der Waals surface area contributed by atoms with E-state index in [9.17, 15) is 0 Å². The van der Waals surface area contributed by atoms with Crippen molar-refractivity contribution < 1.29 is 4.74 Å². The van der Waals surface area contributed by atoms with Gasteiger partial charge in [-0.1, -0.05) is 91.0 Å². The summed E-state index contributed by atoms with van der Waals surface area (Å²) in [4.78, 5) is 5.12. The zero-order valence-corrected chi connectivity index (χ0v) is 16.5. The van der Waals surface area contributed by atoms with Crippen LogP contribution in [0, 0.1) is 0 Å². The number of benzene rings is 4. The van der Waals surface area contributed by atoms with Crippen molar-refractivity contribution >= 4 is 16.7 Å². The van der Waals surface area contributed by atoms with Gasteiger partial charge in [0.2, 0.25) is 5.90 Å². The van der Waals surface area contributed by atoms with Crippen molar-refractivity contribution in [3.63, 3.8) is 0 Å². The second-order valence-corrected chi connectivity index (χ2v) is 7.91. The van der Waals surface area contributed by atoms with Gasteiger partial charge in [-0.15, -0.1) is 0 Å². The first-order valence-corrected chi connectivity index (χ1v) is 10.1. The number of ether oxygens (including phenoxy) is 1. The highest BCUT2D eigenvalue weighted by Crippen LogP contribution is 2.41. The van der Waals surface area contributed by atoms with Crippen LogP contribution in [0.15, 0.2) is 108 Å². The molecule has 0 unspecified atom stereocenters. The van der Waals surface area contributed by atoms with E-state index in [1.165, 1.54) is 16.3 Å². The summed E-state index contributed by atoms with van der Waals surface area (Å²) in [6.45, 7) is 2.20. The third kappa shape index (κ3) is 3.42. The Morgan fingerprint density at radius 1 is 0.759 bits per heavy atom. The molecule has 0 radical (unpaired) electrons. The Kier molecular flexibility index (Phi) is 4.40. The standard InChI is InChI=1S/C27H23NO/c1-27(19-20-16-17-21-10-8-9-15-24(21)18-20)25(22-11-4-2-5-12-22)29-26(28-27)23-13-6-3-7-14-23/h2-18,25H,19H2,1H3/t25-,27-/m0/s1. The van der Waals surface area contributed by atoms with E-state index in [0.717, 1.165) is 23.4 Å². The van der Waals surface area contributed by atoms with Gasteiger partial charge in [0.05, 0.1) is 0 Å². The van der Waals surface area contributed by atoms with Crippen LogP contribution in [0.5, 0.6) is 0 Å². The molecule has 0 N–H and O–H groups in total. The molecule has 0 spiro atoms. The molecule has 2 nitrogen and oxygen atoms in total. The lowest BCUT2D eigenvalue weighted by atomic mass is 9.84. The molecule has 1 aliphatic rings. The van der Waals surface area contributed by atoms with E-state index >= 15 is 0 Å². The lowest BCUT2D eigenvalue weighted by molar-refractivity contribution is 0.147. The second kappa shape index (κ2) is 7.21. The van der Waals surface area contributed by atoms with Gasteiger partial charge in [-0.2, -0.15) is 0 Å². The van der Waals surface area contributed by atoms with E-state index in [1.807, 2.05) is 24.3 Å². The molecule has 2 heteroatoms. The van der Waals surface area contributed by atoms with Gasteiger partial charge in [0, 0.05) is 12.0 Å². The summed E-state index contributed by atoms with van der Waals surface area (Å²) in [6, 6.07) is 35.8. The van der Waals surface area contributed by atoms with Crippen LogP contribution < -0.4 is 0 Å². The molecule has 0 amide bonds. The molecule has 5 rings (SSSR count). The highest BCUT2D eigenvalue weighted by atomic mass is 16.5. The summed E-state index contributed by atoms with van der Waals surface area (Å²) in [5.74, 6) is 0.725. The fourth-order valence-electron chi connectivity index (χ4n) is 4.22. The second-order valence-electron chi connectivity index (χ2n) is 7.91. The van der Waals surface area contributed by atoms with E-state index in [-0.39, 0.29) is 11.6 Å². The van der Waals surface area contributed by atoms with Crippen molar-refractivity contribution in [2.45, 2.75) is 25.0 Å². The van der Waals surface area contributed by atoms with E-state index < -0.39 is 0 Å². The van der Waals surface area contributed by atoms with E-state index in [4.69, 9.17) is 9.73 Å². The highest BCUT2D eigenvalue weighted by molar-refractivity contribution is 5.95. The van der Waals surface area contributed by atoms with Gasteiger partial charge in [0.15, 0.2) is 6.10 Å². The molecule has 4 aromatic rings. The molecule has 0 saturated carbocycles. The van der Waals surface area contributed by atoms with Crippen molar-refractivity contribution in [2.75, 3.05) is 0 Å². The van der Waals surface area contributed by atoms with Crippen LogP contribution in [-0.2, 0) is 11.2 Å². The quantitative estimate of drug-likeness (QED) is 0.405. The third-order valence-corrected chi connectivity index (χ3v) is 5.65. The fourth-order valence-corrected chi connectivity index (χ4v) is 4.22. The van der Waals surface area contributed by atoms with Crippen LogP contribution in [0.3, 0.4) is 0 Å². The summed E-state index contributed by atoms with van der Waals surface area (Å²) in [6.07, 6.45) is 0.693. The molecule has 1 heterocycles. The van der Waals surface area contributed by atoms with Gasteiger partial charge in [-0.3, -0.25) is 0 Å². The molecule has 0 bridgehead atoms. The largest absolute Gasteiger partial charge is 0.467 e. The van der Waals surface area contributed by atoms with Gasteiger partial charge in [0.1, 0.15) is 5.54 Å². The molecule has 0 fully saturated rings. The summed E-state index contributed by atoms with van der Waals surface area (Å²) < 4.78 is 6.46. The predicted molar refractivity (Wildman–Crippen MR) is 119 cm³/mol. The minimum atomic E-state index is -0.380. The van der Waals surface area contributed by atoms with Crippen LogP contribution in [0.1, 0.15) is 29.7 Å². The topological polar surface area (TPSA) is 21.6 Å². The van der Waals surface area contributed by atoms with E-state index in [2.05, 4.69) is 85.8 Å². The number of hydrogen-bond acceptors (Lipinski definition) is 2. The van der Waals surface area contributed by atoms with Crippen molar-refractivity contribution in [3.05, 3.63) is 120 Å². The van der Waals surface area contributed by atoms with Crippen molar-refractivity contribution in [2.24, 2.45) is 4.99 Å². The Bertz CT molecular complexity index is 1170. The van der Waals surface area contributed by atoms with Gasteiger partial charge >= 0.3 is 0 Å². The maximum absolute atomic E-state index is 6.46. The maximum Gasteiger partial charge on any atom is 0.217 e. The van der Waals surface area contributed by atoms with Crippen LogP contribution in [-0.4, -0.2) is 11.4 Å². The number of hydrogen-bond donors (Lipinski definition) is 0. The first-order chi connectivity index (χ1) is 14.2. The molecular formula is C27H23NO. The summed E-state index contributed by atoms with van der Waals surface area (Å²) in [5, 5.41) is 2.52. The first-order valence-electron chi connectivity index (χ1n) is 10.1. The number of aliphatic imine (C=N–C) groups is 1. The summed E-state index contributed by atoms with van der Waals surface area (Å²) in [7, 11) is 0. The zero-order valence-electron chi connectivity index (χ0n) is 16.5. The number of fused-ring (bicyclic) bond motifs is 1. The Morgan fingerprint density at radius 3 is 2.17 bits per heavy atom. The predicted octanol–water partition coefficient (Wildman–Crippen LogP) is 6.36. The fraction of sp³-hybridized carbons (Fsp3) is 0.148. The van der Waals surface area contributed by atoms with Gasteiger partial charge in [0.25, 0.3) is 0 Å². The lowest BCUT2D eigenvalue weighted by Gasteiger charge is -2.28. The first kappa shape index (κ1) is 17.7. The van der Waals surface area contributed by atoms with Crippen LogP contribution in [0.2, 0.25) is 0 Å². The monoisotopic (exact) mass is 377 g/mol. The molecule has 0 aliphatic carbocycles. The Balaban J connectivity index is 1.55. The smallest absolute Gasteiger partial charge is 0.217 e. The molecule has 0 aromatic heterocycles. The van der Waals surface area contributed by atoms with E-state index in [1.54, 1.807) is 0 Å². The molecule has 4 aromatic carbocycles. The van der Waals surface area contributed by atoms with Crippen LogP contribution in [0.25, 0.3) is 10.8 Å². The zero-order chi connectivity index (χ0) is 19.7. The SMILES string of the molecule is C[C@@]1(Cc2ccc3ccccc3c2)N=C(c2ccccc2)O[C@H]1c1ccccc1. The van der Waals surface area contributed by atoms with Gasteiger partial charge in [-0.25, -0.2) is 4.99 Å². The number of rotatable bonds is 4. The van der Waals surface area contributed by atoms with Gasteiger partial charge < -0.3 is 4.74 Å². The van der Waals surface area contributed by atoms with Gasteiger partial charge in [-0.05, 0) is 41.0 Å². The minimum Gasteiger partial charge on any atom is -0.467 e. The molecule has 142 valence electrons. The lowest BCUT2D eigenvalue weighted by Crippen LogP contribution is -2.30. The average Bonchev–Trinajstić information content (AvgIpc) is 3.12. The third-order valence-electron chi connectivity index (χ3n) is 5.65. The van der Waals surface area contributed by atoms with Crippen molar-refractivity contribution in [3.8, 4) is 0 Å². The van der Waals surface area contributed by atoms with Crippen LogP contribution >= 0.6 is 0 Å². The van der Waals surface area contributed by atoms with Crippen molar-refractivity contribution in [1.29, 1.82) is 0 Å². The molecular weight excluding hydrogens is 354 g/mol. The molecule has 0 saturated heterocycles. The van der Waals surface area contributed by atoms with Crippen molar-refractivity contribution in [1.82, 2.24) is 0 Å². The number of nitrogens with zero attached hydrogens (tertiary/aromatic N) is 1. The molecule has 2 atom stereocenters. The Hall–Kier alpha value is -3.39. The minimum absolute atomic E-state index is 0.120. The molecule has 29 heavy (non-hydrogen) atoms. The normalized spacial score (nSPS) is 21.0. The maximum atomic E-state index is 6.46. The van der Waals surface area contributed by atoms with Crippen LogP contribution in [0.4, 0.5) is 0 Å². The molecule has 1 aliphatic heterocycles. The average molecular weight is 377 g/mol. The Morgan fingerprint density at radius 2 is 1.41 bits per heavy atom. The summed E-state index contributed by atoms with van der Waals surface area (Å²) in [5.41, 5.74) is 3.07.